The molecule has 2 fully saturated rings. The van der Waals surface area contributed by atoms with Gasteiger partial charge in [-0.25, -0.2) is 0 Å². The van der Waals surface area contributed by atoms with E-state index in [1.54, 1.807) is 0 Å². The molecule has 3 rings (SSSR count). The molecule has 1 aliphatic heterocycles. The Hall–Kier alpha value is -1.43. The number of piperidine rings is 1. The summed E-state index contributed by atoms with van der Waals surface area (Å²) in [4.78, 5) is 15.7. The standard InChI is InChI=1S/C15H26N6/c1-15(2,3)12-18-13(16)20-14(19-12)17-10-5-4-8-21(9-10)11-6-7-11/h10-11H,4-9H2,1-3H3,(H3,16,17,18,19,20)/t10-/m1/s1. The van der Waals surface area contributed by atoms with E-state index < -0.39 is 0 Å². The Morgan fingerprint density at radius 3 is 2.57 bits per heavy atom. The SMILES string of the molecule is CC(C)(C)c1nc(N)nc(N[C@@H]2CCCN(C3CC3)C2)n1. The van der Waals surface area contributed by atoms with Gasteiger partial charge in [0.2, 0.25) is 11.9 Å². The van der Waals surface area contributed by atoms with E-state index in [0.29, 0.717) is 17.9 Å². The average Bonchev–Trinajstić information content (AvgIpc) is 3.21. The van der Waals surface area contributed by atoms with Crippen LogP contribution in [0.3, 0.4) is 0 Å². The normalized spacial score (nSPS) is 24.0. The first-order chi connectivity index (χ1) is 9.91. The molecular weight excluding hydrogens is 264 g/mol. The van der Waals surface area contributed by atoms with Crippen LogP contribution in [-0.2, 0) is 5.41 Å². The van der Waals surface area contributed by atoms with Crippen LogP contribution < -0.4 is 11.1 Å². The second-order valence-corrected chi connectivity index (χ2v) is 7.30. The molecule has 2 heterocycles. The van der Waals surface area contributed by atoms with Crippen molar-refractivity contribution in [3.05, 3.63) is 5.82 Å². The van der Waals surface area contributed by atoms with Crippen LogP contribution in [0.4, 0.5) is 11.9 Å². The number of nitrogen functional groups attached to an aromatic ring is 1. The number of rotatable bonds is 3. The van der Waals surface area contributed by atoms with Gasteiger partial charge in [0.1, 0.15) is 5.82 Å². The van der Waals surface area contributed by atoms with Crippen molar-refractivity contribution in [3.63, 3.8) is 0 Å². The first kappa shape index (κ1) is 14.5. The molecule has 0 aromatic carbocycles. The highest BCUT2D eigenvalue weighted by Crippen LogP contribution is 2.30. The molecule has 1 aromatic rings. The second-order valence-electron chi connectivity index (χ2n) is 7.30. The van der Waals surface area contributed by atoms with Crippen LogP contribution in [0.25, 0.3) is 0 Å². The fourth-order valence-electron chi connectivity index (χ4n) is 2.87. The number of likely N-dealkylation sites (tertiary alicyclic amines) is 1. The first-order valence-corrected chi connectivity index (χ1v) is 7.94. The van der Waals surface area contributed by atoms with Gasteiger partial charge >= 0.3 is 0 Å². The number of anilines is 2. The third-order valence-corrected chi connectivity index (χ3v) is 4.17. The van der Waals surface area contributed by atoms with Crippen molar-refractivity contribution >= 4 is 11.9 Å². The molecule has 1 atom stereocenters. The van der Waals surface area contributed by atoms with Crippen LogP contribution in [-0.4, -0.2) is 45.0 Å². The minimum absolute atomic E-state index is 0.125. The molecule has 6 nitrogen and oxygen atoms in total. The quantitative estimate of drug-likeness (QED) is 0.883. The average molecular weight is 290 g/mol. The Balaban J connectivity index is 1.70. The highest BCUT2D eigenvalue weighted by Gasteiger charge is 2.32. The minimum atomic E-state index is -0.125. The number of aromatic nitrogens is 3. The molecule has 0 spiro atoms. The highest BCUT2D eigenvalue weighted by atomic mass is 15.2. The number of hydrogen-bond donors (Lipinski definition) is 2. The van der Waals surface area contributed by atoms with Crippen molar-refractivity contribution in [3.8, 4) is 0 Å². The lowest BCUT2D eigenvalue weighted by atomic mass is 9.96. The van der Waals surface area contributed by atoms with Crippen LogP contribution >= 0.6 is 0 Å². The van der Waals surface area contributed by atoms with E-state index >= 15 is 0 Å². The van der Waals surface area contributed by atoms with E-state index in [4.69, 9.17) is 5.73 Å². The molecule has 0 bridgehead atoms. The number of nitrogens with two attached hydrogens (primary N) is 1. The van der Waals surface area contributed by atoms with Crippen LogP contribution in [0, 0.1) is 0 Å². The Labute approximate surface area is 126 Å². The predicted molar refractivity (Wildman–Crippen MR) is 84.2 cm³/mol. The van der Waals surface area contributed by atoms with Gasteiger partial charge in [0.15, 0.2) is 0 Å². The van der Waals surface area contributed by atoms with Gasteiger partial charge in [0.05, 0.1) is 0 Å². The molecule has 21 heavy (non-hydrogen) atoms. The van der Waals surface area contributed by atoms with E-state index in [9.17, 15) is 0 Å². The number of nitrogens with one attached hydrogen (secondary N) is 1. The monoisotopic (exact) mass is 290 g/mol. The Kier molecular flexibility index (Phi) is 3.73. The van der Waals surface area contributed by atoms with Gasteiger partial charge in [-0.2, -0.15) is 15.0 Å². The minimum Gasteiger partial charge on any atom is -0.368 e. The molecule has 2 aliphatic rings. The van der Waals surface area contributed by atoms with Crippen molar-refractivity contribution in [1.82, 2.24) is 19.9 Å². The molecule has 1 saturated heterocycles. The van der Waals surface area contributed by atoms with Crippen molar-refractivity contribution in [1.29, 1.82) is 0 Å². The predicted octanol–water partition coefficient (Wildman–Crippen LogP) is 1.79. The van der Waals surface area contributed by atoms with Gasteiger partial charge in [-0.05, 0) is 32.2 Å². The summed E-state index contributed by atoms with van der Waals surface area (Å²) in [6.45, 7) is 8.57. The summed E-state index contributed by atoms with van der Waals surface area (Å²) in [5.41, 5.74) is 5.71. The van der Waals surface area contributed by atoms with E-state index in [1.807, 2.05) is 0 Å². The van der Waals surface area contributed by atoms with Crippen LogP contribution in [0.1, 0.15) is 52.3 Å². The maximum absolute atomic E-state index is 5.83. The van der Waals surface area contributed by atoms with Gasteiger partial charge in [-0.3, -0.25) is 4.90 Å². The fourth-order valence-corrected chi connectivity index (χ4v) is 2.87. The third kappa shape index (κ3) is 3.61. The molecular formula is C15H26N6. The van der Waals surface area contributed by atoms with Gasteiger partial charge in [0, 0.05) is 24.0 Å². The van der Waals surface area contributed by atoms with Crippen LogP contribution in [0.2, 0.25) is 0 Å². The van der Waals surface area contributed by atoms with E-state index in [-0.39, 0.29) is 5.41 Å². The lowest BCUT2D eigenvalue weighted by Crippen LogP contribution is -2.43. The zero-order valence-corrected chi connectivity index (χ0v) is 13.3. The maximum Gasteiger partial charge on any atom is 0.228 e. The lowest BCUT2D eigenvalue weighted by Gasteiger charge is -2.33. The summed E-state index contributed by atoms with van der Waals surface area (Å²) >= 11 is 0. The van der Waals surface area contributed by atoms with Crippen molar-refractivity contribution < 1.29 is 0 Å². The molecule has 0 radical (unpaired) electrons. The maximum atomic E-state index is 5.83. The molecule has 3 N–H and O–H groups in total. The summed E-state index contributed by atoms with van der Waals surface area (Å²) in [6, 6.07) is 1.23. The number of nitrogens with zero attached hydrogens (tertiary/aromatic N) is 4. The number of hydrogen-bond acceptors (Lipinski definition) is 6. The molecule has 1 aliphatic carbocycles. The van der Waals surface area contributed by atoms with E-state index in [2.05, 4.69) is 45.9 Å². The van der Waals surface area contributed by atoms with Crippen molar-refractivity contribution in [2.24, 2.45) is 0 Å². The molecule has 116 valence electrons. The molecule has 0 amide bonds. The zero-order chi connectivity index (χ0) is 15.0. The van der Waals surface area contributed by atoms with Gasteiger partial charge < -0.3 is 11.1 Å². The fraction of sp³-hybridized carbons (Fsp3) is 0.800. The Morgan fingerprint density at radius 2 is 1.90 bits per heavy atom. The van der Waals surface area contributed by atoms with Crippen molar-refractivity contribution in [2.75, 3.05) is 24.1 Å². The smallest absolute Gasteiger partial charge is 0.228 e. The topological polar surface area (TPSA) is 80.0 Å². The second kappa shape index (κ2) is 5.40. The zero-order valence-electron chi connectivity index (χ0n) is 13.3. The van der Waals surface area contributed by atoms with Crippen LogP contribution in [0.5, 0.6) is 0 Å². The van der Waals surface area contributed by atoms with Gasteiger partial charge in [-0.1, -0.05) is 20.8 Å². The first-order valence-electron chi connectivity index (χ1n) is 7.94. The van der Waals surface area contributed by atoms with Gasteiger partial charge in [0.25, 0.3) is 0 Å². The molecule has 1 aromatic heterocycles. The van der Waals surface area contributed by atoms with Gasteiger partial charge in [-0.15, -0.1) is 0 Å². The van der Waals surface area contributed by atoms with E-state index in [1.165, 1.54) is 32.2 Å². The largest absolute Gasteiger partial charge is 0.368 e. The summed E-state index contributed by atoms with van der Waals surface area (Å²) in [5.74, 6) is 1.66. The molecule has 1 saturated carbocycles. The summed E-state index contributed by atoms with van der Waals surface area (Å²) < 4.78 is 0. The molecule has 6 heteroatoms. The van der Waals surface area contributed by atoms with Crippen LogP contribution in [0.15, 0.2) is 0 Å². The Morgan fingerprint density at radius 1 is 1.14 bits per heavy atom. The summed E-state index contributed by atoms with van der Waals surface area (Å²) in [5, 5.41) is 3.46. The summed E-state index contributed by atoms with van der Waals surface area (Å²) in [7, 11) is 0. The third-order valence-electron chi connectivity index (χ3n) is 4.17. The van der Waals surface area contributed by atoms with Crippen molar-refractivity contribution in [2.45, 2.75) is 64.0 Å². The Bertz CT molecular complexity index is 505. The highest BCUT2D eigenvalue weighted by molar-refractivity contribution is 5.33. The van der Waals surface area contributed by atoms with E-state index in [0.717, 1.165) is 18.4 Å². The molecule has 0 unspecified atom stereocenters. The lowest BCUT2D eigenvalue weighted by molar-refractivity contribution is 0.207. The summed E-state index contributed by atoms with van der Waals surface area (Å²) in [6.07, 6.45) is 5.12.